The molecule has 6 nitrogen and oxygen atoms in total. The molecule has 1 aromatic heterocycles. The van der Waals surface area contributed by atoms with E-state index in [0.29, 0.717) is 17.2 Å². The third-order valence-corrected chi connectivity index (χ3v) is 4.38. The maximum Gasteiger partial charge on any atom is 0.203 e. The minimum atomic E-state index is 0.0128. The number of benzene rings is 2. The second-order valence-electron chi connectivity index (χ2n) is 6.21. The zero-order chi connectivity index (χ0) is 19.2. The van der Waals surface area contributed by atoms with Gasteiger partial charge in [-0.25, -0.2) is 0 Å². The molecular formula is C21H25N3O3. The molecule has 2 aromatic carbocycles. The monoisotopic (exact) mass is 367 g/mol. The standard InChI is InChI=1S/C21H25N3O3/c1-15(17-12-18(25-2)21(27-4)19(13-17)26-3)22-20-10-11-24(23-20)14-16-8-6-5-7-9-16/h5-13,15H,14H2,1-4H3,(H,22,23)/t15-/m0/s1. The molecule has 0 spiro atoms. The molecule has 0 unspecified atom stereocenters. The molecule has 142 valence electrons. The van der Waals surface area contributed by atoms with Crippen LogP contribution in [-0.4, -0.2) is 31.1 Å². The van der Waals surface area contributed by atoms with Gasteiger partial charge < -0.3 is 19.5 Å². The molecule has 1 atom stereocenters. The van der Waals surface area contributed by atoms with Gasteiger partial charge in [-0.2, -0.15) is 5.10 Å². The van der Waals surface area contributed by atoms with Gasteiger partial charge in [-0.3, -0.25) is 4.68 Å². The van der Waals surface area contributed by atoms with Gasteiger partial charge in [0, 0.05) is 12.3 Å². The lowest BCUT2D eigenvalue weighted by atomic mass is 10.1. The summed E-state index contributed by atoms with van der Waals surface area (Å²) in [5.74, 6) is 2.67. The van der Waals surface area contributed by atoms with Crippen LogP contribution in [0.25, 0.3) is 0 Å². The summed E-state index contributed by atoms with van der Waals surface area (Å²) >= 11 is 0. The molecule has 3 rings (SSSR count). The molecule has 1 N–H and O–H groups in total. The van der Waals surface area contributed by atoms with Gasteiger partial charge in [-0.1, -0.05) is 30.3 Å². The maximum atomic E-state index is 5.44. The Labute approximate surface area is 159 Å². The maximum absolute atomic E-state index is 5.44. The zero-order valence-electron chi connectivity index (χ0n) is 16.1. The van der Waals surface area contributed by atoms with Gasteiger partial charge in [0.15, 0.2) is 11.5 Å². The van der Waals surface area contributed by atoms with Crippen molar-refractivity contribution >= 4 is 5.82 Å². The highest BCUT2D eigenvalue weighted by atomic mass is 16.5. The molecular weight excluding hydrogens is 342 g/mol. The summed E-state index contributed by atoms with van der Waals surface area (Å²) in [5.41, 5.74) is 2.23. The van der Waals surface area contributed by atoms with Crippen LogP contribution in [-0.2, 0) is 6.54 Å². The van der Waals surface area contributed by atoms with Crippen LogP contribution < -0.4 is 19.5 Å². The van der Waals surface area contributed by atoms with Crippen molar-refractivity contribution in [1.29, 1.82) is 0 Å². The molecule has 1 heterocycles. The van der Waals surface area contributed by atoms with Crippen molar-refractivity contribution in [3.05, 3.63) is 65.9 Å². The molecule has 0 saturated heterocycles. The molecule has 0 aliphatic carbocycles. The van der Waals surface area contributed by atoms with E-state index in [-0.39, 0.29) is 6.04 Å². The third kappa shape index (κ3) is 4.34. The lowest BCUT2D eigenvalue weighted by Gasteiger charge is -2.18. The zero-order valence-corrected chi connectivity index (χ0v) is 16.1. The van der Waals surface area contributed by atoms with Crippen LogP contribution in [0.15, 0.2) is 54.7 Å². The molecule has 3 aromatic rings. The predicted octanol–water partition coefficient (Wildman–Crippen LogP) is 4.13. The van der Waals surface area contributed by atoms with Crippen molar-refractivity contribution < 1.29 is 14.2 Å². The summed E-state index contributed by atoms with van der Waals surface area (Å²) in [6.45, 7) is 2.80. The number of hydrogen-bond donors (Lipinski definition) is 1. The number of rotatable bonds is 8. The first kappa shape index (κ1) is 18.6. The topological polar surface area (TPSA) is 57.5 Å². The number of hydrogen-bond acceptors (Lipinski definition) is 5. The van der Waals surface area contributed by atoms with Crippen LogP contribution >= 0.6 is 0 Å². The van der Waals surface area contributed by atoms with E-state index in [2.05, 4.69) is 29.5 Å². The van der Waals surface area contributed by atoms with Gasteiger partial charge >= 0.3 is 0 Å². The molecule has 6 heteroatoms. The lowest BCUT2D eigenvalue weighted by molar-refractivity contribution is 0.323. The van der Waals surface area contributed by atoms with Crippen molar-refractivity contribution in [2.75, 3.05) is 26.6 Å². The summed E-state index contributed by atoms with van der Waals surface area (Å²) in [4.78, 5) is 0. The van der Waals surface area contributed by atoms with E-state index in [0.717, 1.165) is 17.9 Å². The van der Waals surface area contributed by atoms with Crippen molar-refractivity contribution in [2.24, 2.45) is 0 Å². The van der Waals surface area contributed by atoms with Gasteiger partial charge in [0.1, 0.15) is 5.82 Å². The third-order valence-electron chi connectivity index (χ3n) is 4.38. The fourth-order valence-corrected chi connectivity index (χ4v) is 2.95. The Morgan fingerprint density at radius 2 is 1.63 bits per heavy atom. The first-order valence-corrected chi connectivity index (χ1v) is 8.78. The Hall–Kier alpha value is -3.15. The Kier molecular flexibility index (Phi) is 5.86. The molecule has 27 heavy (non-hydrogen) atoms. The van der Waals surface area contributed by atoms with Gasteiger partial charge in [0.05, 0.1) is 33.9 Å². The fourth-order valence-electron chi connectivity index (χ4n) is 2.95. The van der Waals surface area contributed by atoms with E-state index in [9.17, 15) is 0 Å². The van der Waals surface area contributed by atoms with E-state index in [4.69, 9.17) is 14.2 Å². The van der Waals surface area contributed by atoms with Gasteiger partial charge in [-0.05, 0) is 30.2 Å². The van der Waals surface area contributed by atoms with Crippen LogP contribution in [0.5, 0.6) is 17.2 Å². The van der Waals surface area contributed by atoms with Gasteiger partial charge in [0.2, 0.25) is 5.75 Å². The van der Waals surface area contributed by atoms with Crippen LogP contribution in [0.4, 0.5) is 5.82 Å². The number of ether oxygens (including phenoxy) is 3. The molecule has 0 radical (unpaired) electrons. The van der Waals surface area contributed by atoms with Crippen molar-refractivity contribution in [2.45, 2.75) is 19.5 Å². The molecule has 0 amide bonds. The van der Waals surface area contributed by atoms with Gasteiger partial charge in [0.25, 0.3) is 0 Å². The Morgan fingerprint density at radius 1 is 0.963 bits per heavy atom. The SMILES string of the molecule is COc1cc([C@H](C)Nc2ccn(Cc3ccccc3)n2)cc(OC)c1OC. The van der Waals surface area contributed by atoms with Crippen molar-refractivity contribution in [3.8, 4) is 17.2 Å². The van der Waals surface area contributed by atoms with Crippen LogP contribution in [0, 0.1) is 0 Å². The van der Waals surface area contributed by atoms with Crippen LogP contribution in [0.3, 0.4) is 0 Å². The molecule has 0 aliphatic rings. The number of anilines is 1. The fraction of sp³-hybridized carbons (Fsp3) is 0.286. The van der Waals surface area contributed by atoms with E-state index < -0.39 is 0 Å². The Morgan fingerprint density at radius 3 is 2.22 bits per heavy atom. The minimum absolute atomic E-state index is 0.0128. The average molecular weight is 367 g/mol. The quantitative estimate of drug-likeness (QED) is 0.649. The highest BCUT2D eigenvalue weighted by molar-refractivity contribution is 5.55. The second kappa shape index (κ2) is 8.49. The van der Waals surface area contributed by atoms with Crippen LogP contribution in [0.1, 0.15) is 24.1 Å². The van der Waals surface area contributed by atoms with Crippen LogP contribution in [0.2, 0.25) is 0 Å². The summed E-state index contributed by atoms with van der Waals surface area (Å²) in [6.07, 6.45) is 1.97. The molecule has 0 aliphatic heterocycles. The number of nitrogens with zero attached hydrogens (tertiary/aromatic N) is 2. The normalized spacial score (nSPS) is 11.7. The molecule has 0 fully saturated rings. The first-order chi connectivity index (χ1) is 13.1. The average Bonchev–Trinajstić information content (AvgIpc) is 3.14. The second-order valence-corrected chi connectivity index (χ2v) is 6.21. The van der Waals surface area contributed by atoms with E-state index in [1.54, 1.807) is 21.3 Å². The van der Waals surface area contributed by atoms with Crippen molar-refractivity contribution in [1.82, 2.24) is 9.78 Å². The summed E-state index contributed by atoms with van der Waals surface area (Å²) < 4.78 is 18.2. The summed E-state index contributed by atoms with van der Waals surface area (Å²) in [6, 6.07) is 16.1. The smallest absolute Gasteiger partial charge is 0.203 e. The van der Waals surface area contributed by atoms with Crippen molar-refractivity contribution in [3.63, 3.8) is 0 Å². The molecule has 0 bridgehead atoms. The number of methoxy groups -OCH3 is 3. The van der Waals surface area contributed by atoms with E-state index in [1.807, 2.05) is 47.3 Å². The Bertz CT molecular complexity index is 852. The lowest BCUT2D eigenvalue weighted by Crippen LogP contribution is -2.09. The number of nitrogens with one attached hydrogen (secondary N) is 1. The Balaban J connectivity index is 1.75. The molecule has 0 saturated carbocycles. The minimum Gasteiger partial charge on any atom is -0.493 e. The summed E-state index contributed by atoms with van der Waals surface area (Å²) in [7, 11) is 4.83. The predicted molar refractivity (Wildman–Crippen MR) is 106 cm³/mol. The number of aromatic nitrogens is 2. The highest BCUT2D eigenvalue weighted by Crippen LogP contribution is 2.40. The van der Waals surface area contributed by atoms with Gasteiger partial charge in [-0.15, -0.1) is 0 Å². The largest absolute Gasteiger partial charge is 0.493 e. The van der Waals surface area contributed by atoms with E-state index in [1.165, 1.54) is 5.56 Å². The summed E-state index contributed by atoms with van der Waals surface area (Å²) in [5, 5.41) is 8.03. The highest BCUT2D eigenvalue weighted by Gasteiger charge is 2.17. The first-order valence-electron chi connectivity index (χ1n) is 8.78. The van der Waals surface area contributed by atoms with E-state index >= 15 is 0 Å².